The molecule has 1 unspecified atom stereocenters. The van der Waals surface area contributed by atoms with E-state index in [1.807, 2.05) is 36.9 Å². The van der Waals surface area contributed by atoms with E-state index in [1.54, 1.807) is 6.92 Å². The third-order valence-electron chi connectivity index (χ3n) is 2.58. The van der Waals surface area contributed by atoms with Gasteiger partial charge in [0.15, 0.2) is 0 Å². The highest BCUT2D eigenvalue weighted by atomic mass is 32.2. The Bertz CT molecular complexity index is 337. The molecule has 3 heteroatoms. The van der Waals surface area contributed by atoms with Crippen LogP contribution in [0.3, 0.4) is 0 Å². The van der Waals surface area contributed by atoms with Crippen molar-refractivity contribution >= 4 is 11.8 Å². The van der Waals surface area contributed by atoms with Crippen LogP contribution in [0.4, 0.5) is 0 Å². The van der Waals surface area contributed by atoms with Crippen molar-refractivity contribution in [3.63, 3.8) is 0 Å². The molecule has 0 aliphatic rings. The molecule has 0 bridgehead atoms. The minimum Gasteiger partial charge on any atom is -0.493 e. The van der Waals surface area contributed by atoms with Gasteiger partial charge in [-0.2, -0.15) is 11.8 Å². The molecule has 0 heterocycles. The number of hydrogen-bond donors (Lipinski definition) is 1. The van der Waals surface area contributed by atoms with Crippen LogP contribution in [0.2, 0.25) is 0 Å². The zero-order valence-corrected chi connectivity index (χ0v) is 11.7. The zero-order valence-electron chi connectivity index (χ0n) is 10.9. The number of thioether (sulfide) groups is 1. The molecule has 0 aliphatic heterocycles. The van der Waals surface area contributed by atoms with Crippen molar-refractivity contribution < 1.29 is 9.84 Å². The Labute approximate surface area is 108 Å². The largest absolute Gasteiger partial charge is 0.493 e. The second-order valence-electron chi connectivity index (χ2n) is 4.10. The lowest BCUT2D eigenvalue weighted by atomic mass is 10.1. The molecule has 1 aromatic rings. The number of rotatable bonds is 7. The van der Waals surface area contributed by atoms with E-state index in [0.29, 0.717) is 0 Å². The Morgan fingerprint density at radius 3 is 2.76 bits per heavy atom. The molecular weight excluding hydrogens is 232 g/mol. The van der Waals surface area contributed by atoms with Gasteiger partial charge in [0.05, 0.1) is 12.7 Å². The van der Waals surface area contributed by atoms with E-state index in [-0.39, 0.29) is 0 Å². The highest BCUT2D eigenvalue weighted by Gasteiger charge is 2.04. The predicted octanol–water partition coefficient (Wildman–Crippen LogP) is 3.57. The Balaban J connectivity index is 2.43. The van der Waals surface area contributed by atoms with E-state index in [1.165, 1.54) is 5.75 Å². The minimum atomic E-state index is -0.413. The summed E-state index contributed by atoms with van der Waals surface area (Å²) >= 11 is 1.94. The number of ether oxygens (including phenoxy) is 1. The minimum absolute atomic E-state index is 0.413. The van der Waals surface area contributed by atoms with Gasteiger partial charge in [0.1, 0.15) is 5.75 Å². The third kappa shape index (κ3) is 5.00. The fourth-order valence-corrected chi connectivity index (χ4v) is 2.19. The lowest BCUT2D eigenvalue weighted by Crippen LogP contribution is -2.01. The molecule has 0 amide bonds. The van der Waals surface area contributed by atoms with E-state index in [4.69, 9.17) is 4.74 Å². The lowest BCUT2D eigenvalue weighted by molar-refractivity contribution is 0.199. The Hall–Kier alpha value is -0.670. The molecule has 1 atom stereocenters. The van der Waals surface area contributed by atoms with Gasteiger partial charge in [0.25, 0.3) is 0 Å². The normalized spacial score (nSPS) is 12.5. The van der Waals surface area contributed by atoms with Crippen molar-refractivity contribution in [2.45, 2.75) is 33.3 Å². The van der Waals surface area contributed by atoms with Crippen LogP contribution in [0.1, 0.15) is 37.5 Å². The van der Waals surface area contributed by atoms with Crippen molar-refractivity contribution in [2.24, 2.45) is 0 Å². The first-order valence-corrected chi connectivity index (χ1v) is 7.29. The SMILES string of the molecule is CCSCCCOc1ccc(C(C)O)cc1C. The van der Waals surface area contributed by atoms with Gasteiger partial charge in [-0.15, -0.1) is 0 Å². The van der Waals surface area contributed by atoms with Crippen LogP contribution in [-0.2, 0) is 0 Å². The van der Waals surface area contributed by atoms with E-state index in [0.717, 1.165) is 35.7 Å². The molecule has 0 saturated heterocycles. The van der Waals surface area contributed by atoms with Crippen molar-refractivity contribution in [1.29, 1.82) is 0 Å². The standard InChI is InChI=1S/C14H22O2S/c1-4-17-9-5-8-16-14-7-6-13(12(3)15)10-11(14)2/h6-7,10,12,15H,4-5,8-9H2,1-3H3. The van der Waals surface area contributed by atoms with Crippen molar-refractivity contribution in [3.05, 3.63) is 29.3 Å². The molecule has 0 saturated carbocycles. The molecule has 2 nitrogen and oxygen atoms in total. The quantitative estimate of drug-likeness (QED) is 0.754. The maximum Gasteiger partial charge on any atom is 0.122 e. The summed E-state index contributed by atoms with van der Waals surface area (Å²) in [4.78, 5) is 0. The van der Waals surface area contributed by atoms with Gasteiger partial charge in [0.2, 0.25) is 0 Å². The average molecular weight is 254 g/mol. The Morgan fingerprint density at radius 1 is 1.41 bits per heavy atom. The van der Waals surface area contributed by atoms with Crippen molar-refractivity contribution in [1.82, 2.24) is 0 Å². The summed E-state index contributed by atoms with van der Waals surface area (Å²) in [6, 6.07) is 5.86. The number of aryl methyl sites for hydroxylation is 1. The molecule has 0 spiro atoms. The summed E-state index contributed by atoms with van der Waals surface area (Å²) in [5.41, 5.74) is 2.03. The zero-order chi connectivity index (χ0) is 12.7. The number of aliphatic hydroxyl groups excluding tert-OH is 1. The first-order valence-electron chi connectivity index (χ1n) is 6.14. The highest BCUT2D eigenvalue weighted by Crippen LogP contribution is 2.22. The summed E-state index contributed by atoms with van der Waals surface area (Å²) < 4.78 is 5.72. The molecule has 1 rings (SSSR count). The van der Waals surface area contributed by atoms with E-state index in [9.17, 15) is 5.11 Å². The van der Waals surface area contributed by atoms with Gasteiger partial charge in [0, 0.05) is 0 Å². The molecular formula is C14H22O2S. The highest BCUT2D eigenvalue weighted by molar-refractivity contribution is 7.99. The molecule has 0 aromatic heterocycles. The number of benzene rings is 1. The average Bonchev–Trinajstić information content (AvgIpc) is 2.30. The Morgan fingerprint density at radius 2 is 2.18 bits per heavy atom. The monoisotopic (exact) mass is 254 g/mol. The van der Waals surface area contributed by atoms with Gasteiger partial charge >= 0.3 is 0 Å². The van der Waals surface area contributed by atoms with Gasteiger partial charge in [-0.1, -0.05) is 13.0 Å². The van der Waals surface area contributed by atoms with Gasteiger partial charge in [-0.25, -0.2) is 0 Å². The molecule has 1 N–H and O–H groups in total. The fraction of sp³-hybridized carbons (Fsp3) is 0.571. The maximum absolute atomic E-state index is 9.47. The van der Waals surface area contributed by atoms with Crippen LogP contribution in [0.5, 0.6) is 5.75 Å². The second kappa shape index (κ2) is 7.62. The van der Waals surface area contributed by atoms with Crippen molar-refractivity contribution in [3.8, 4) is 5.75 Å². The summed E-state index contributed by atoms with van der Waals surface area (Å²) in [5.74, 6) is 3.25. The summed E-state index contributed by atoms with van der Waals surface area (Å²) in [6.07, 6.45) is 0.666. The van der Waals surface area contributed by atoms with Crippen molar-refractivity contribution in [2.75, 3.05) is 18.1 Å². The fourth-order valence-electron chi connectivity index (χ4n) is 1.58. The molecule has 17 heavy (non-hydrogen) atoms. The molecule has 0 fully saturated rings. The predicted molar refractivity (Wildman–Crippen MR) is 74.9 cm³/mol. The van der Waals surface area contributed by atoms with Crippen LogP contribution in [-0.4, -0.2) is 23.2 Å². The number of aliphatic hydroxyl groups is 1. The summed E-state index contributed by atoms with van der Waals surface area (Å²) in [5, 5.41) is 9.47. The Kier molecular flexibility index (Phi) is 6.45. The second-order valence-corrected chi connectivity index (χ2v) is 5.49. The van der Waals surface area contributed by atoms with E-state index < -0.39 is 6.10 Å². The summed E-state index contributed by atoms with van der Waals surface area (Å²) in [6.45, 7) is 6.73. The van der Waals surface area contributed by atoms with Crippen LogP contribution in [0, 0.1) is 6.92 Å². The van der Waals surface area contributed by atoms with Crippen LogP contribution in [0.25, 0.3) is 0 Å². The third-order valence-corrected chi connectivity index (χ3v) is 3.56. The van der Waals surface area contributed by atoms with Crippen LogP contribution < -0.4 is 4.74 Å². The first kappa shape index (κ1) is 14.4. The smallest absolute Gasteiger partial charge is 0.122 e. The van der Waals surface area contributed by atoms with E-state index >= 15 is 0 Å². The molecule has 0 radical (unpaired) electrons. The summed E-state index contributed by atoms with van der Waals surface area (Å²) in [7, 11) is 0. The van der Waals surface area contributed by atoms with Gasteiger partial charge < -0.3 is 9.84 Å². The molecule has 1 aromatic carbocycles. The molecule has 96 valence electrons. The maximum atomic E-state index is 9.47. The molecule has 0 aliphatic carbocycles. The van der Waals surface area contributed by atoms with Gasteiger partial charge in [-0.3, -0.25) is 0 Å². The van der Waals surface area contributed by atoms with Gasteiger partial charge in [-0.05, 0) is 55.0 Å². The van der Waals surface area contributed by atoms with Crippen LogP contribution >= 0.6 is 11.8 Å². The topological polar surface area (TPSA) is 29.5 Å². The van der Waals surface area contributed by atoms with E-state index in [2.05, 4.69) is 6.92 Å². The first-order chi connectivity index (χ1) is 8.15. The number of hydrogen-bond acceptors (Lipinski definition) is 3. The van der Waals surface area contributed by atoms with Crippen LogP contribution in [0.15, 0.2) is 18.2 Å². The lowest BCUT2D eigenvalue weighted by Gasteiger charge is -2.11.